The van der Waals surface area contributed by atoms with Crippen LogP contribution in [-0.4, -0.2) is 25.4 Å². The highest BCUT2D eigenvalue weighted by atomic mass is 16.6. The molecule has 0 aromatic carbocycles. The number of hydrogen-bond donors (Lipinski definition) is 0. The van der Waals surface area contributed by atoms with E-state index in [0.717, 1.165) is 25.0 Å². The van der Waals surface area contributed by atoms with Crippen LogP contribution < -0.4 is 0 Å². The molecule has 0 bridgehead atoms. The Balaban J connectivity index is 2.08. The van der Waals surface area contributed by atoms with Crippen LogP contribution in [0.4, 0.5) is 0 Å². The lowest BCUT2D eigenvalue weighted by molar-refractivity contribution is -0.0411. The molecule has 2 heteroatoms. The van der Waals surface area contributed by atoms with Gasteiger partial charge in [0.25, 0.3) is 0 Å². The van der Waals surface area contributed by atoms with Gasteiger partial charge in [-0.2, -0.15) is 0 Å². The molecule has 2 nitrogen and oxygen atoms in total. The average Bonchev–Trinajstić information content (AvgIpc) is 2.34. The van der Waals surface area contributed by atoms with Gasteiger partial charge in [-0.15, -0.1) is 0 Å². The van der Waals surface area contributed by atoms with Crippen LogP contribution in [0, 0.1) is 0 Å². The Labute approximate surface area is 60.8 Å². The van der Waals surface area contributed by atoms with Crippen LogP contribution >= 0.6 is 0 Å². The highest BCUT2D eigenvalue weighted by Crippen LogP contribution is 2.28. The second-order valence-electron chi connectivity index (χ2n) is 2.94. The molecule has 2 rings (SSSR count). The largest absolute Gasteiger partial charge is 0.371 e. The summed E-state index contributed by atoms with van der Waals surface area (Å²) in [4.78, 5) is 0. The molecule has 0 saturated carbocycles. The second kappa shape index (κ2) is 2.36. The van der Waals surface area contributed by atoms with Crippen molar-refractivity contribution in [2.45, 2.75) is 25.0 Å². The molecule has 2 heterocycles. The molecule has 2 fully saturated rings. The molecule has 0 unspecified atom stereocenters. The van der Waals surface area contributed by atoms with E-state index >= 15 is 0 Å². The van der Waals surface area contributed by atoms with Crippen LogP contribution in [0.5, 0.6) is 0 Å². The number of rotatable bonds is 0. The third kappa shape index (κ3) is 0.879. The molecular weight excluding hydrogens is 128 g/mol. The van der Waals surface area contributed by atoms with Crippen LogP contribution in [-0.2, 0) is 9.47 Å². The summed E-state index contributed by atoms with van der Waals surface area (Å²) in [6.07, 6.45) is 2.81. The summed E-state index contributed by atoms with van der Waals surface area (Å²) in [6, 6.07) is 0. The van der Waals surface area contributed by atoms with Gasteiger partial charge in [-0.25, -0.2) is 0 Å². The van der Waals surface area contributed by atoms with Gasteiger partial charge in [-0.05, 0) is 18.4 Å². The molecule has 2 aliphatic rings. The molecule has 56 valence electrons. The maximum Gasteiger partial charge on any atom is 0.107 e. The van der Waals surface area contributed by atoms with Crippen molar-refractivity contribution in [2.75, 3.05) is 13.2 Å². The van der Waals surface area contributed by atoms with Gasteiger partial charge in [0, 0.05) is 6.61 Å². The van der Waals surface area contributed by atoms with Crippen molar-refractivity contribution in [1.82, 2.24) is 0 Å². The minimum absolute atomic E-state index is 0.216. The van der Waals surface area contributed by atoms with E-state index < -0.39 is 0 Å². The number of ether oxygens (including phenoxy) is 2. The first-order valence-electron chi connectivity index (χ1n) is 3.79. The van der Waals surface area contributed by atoms with Crippen molar-refractivity contribution in [3.05, 3.63) is 12.2 Å². The van der Waals surface area contributed by atoms with Crippen molar-refractivity contribution in [1.29, 1.82) is 0 Å². The fourth-order valence-electron chi connectivity index (χ4n) is 1.60. The Morgan fingerprint density at radius 2 is 2.30 bits per heavy atom. The first kappa shape index (κ1) is 6.38. The van der Waals surface area contributed by atoms with Crippen molar-refractivity contribution in [3.8, 4) is 0 Å². The summed E-state index contributed by atoms with van der Waals surface area (Å²) in [5.74, 6) is 0. The summed E-state index contributed by atoms with van der Waals surface area (Å²) >= 11 is 0. The normalized spacial score (nSPS) is 39.8. The summed E-state index contributed by atoms with van der Waals surface area (Å²) in [6.45, 7) is 5.47. The van der Waals surface area contributed by atoms with Crippen LogP contribution in [0.15, 0.2) is 12.2 Å². The smallest absolute Gasteiger partial charge is 0.107 e. The van der Waals surface area contributed by atoms with E-state index in [1.165, 1.54) is 0 Å². The Bertz CT molecular complexity index is 153. The topological polar surface area (TPSA) is 18.5 Å². The molecule has 0 aromatic rings. The van der Waals surface area contributed by atoms with E-state index in [4.69, 9.17) is 9.47 Å². The van der Waals surface area contributed by atoms with Crippen LogP contribution in [0.3, 0.4) is 0 Å². The van der Waals surface area contributed by atoms with Gasteiger partial charge < -0.3 is 9.47 Å². The van der Waals surface area contributed by atoms with Gasteiger partial charge in [0.1, 0.15) is 6.10 Å². The van der Waals surface area contributed by atoms with Gasteiger partial charge in [0.05, 0.1) is 12.7 Å². The maximum absolute atomic E-state index is 5.49. The molecule has 2 saturated heterocycles. The molecule has 0 radical (unpaired) electrons. The minimum atomic E-state index is 0.216. The fraction of sp³-hybridized carbons (Fsp3) is 0.750. The molecule has 0 aromatic heterocycles. The first-order valence-corrected chi connectivity index (χ1v) is 3.79. The standard InChI is InChI=1S/C8H12O2/c1-6-5-10-7-3-2-4-9-8(6)7/h7-8H,1-5H2/t7-,8-/m0/s1. The van der Waals surface area contributed by atoms with Crippen molar-refractivity contribution in [2.24, 2.45) is 0 Å². The van der Waals surface area contributed by atoms with Crippen LogP contribution in [0.25, 0.3) is 0 Å². The van der Waals surface area contributed by atoms with E-state index in [9.17, 15) is 0 Å². The zero-order chi connectivity index (χ0) is 6.97. The summed E-state index contributed by atoms with van der Waals surface area (Å²) in [5.41, 5.74) is 1.12. The summed E-state index contributed by atoms with van der Waals surface area (Å²) < 4.78 is 10.9. The number of hydrogen-bond acceptors (Lipinski definition) is 2. The lowest BCUT2D eigenvalue weighted by Crippen LogP contribution is -2.30. The first-order chi connectivity index (χ1) is 4.88. The van der Waals surface area contributed by atoms with Crippen molar-refractivity contribution in [3.63, 3.8) is 0 Å². The summed E-state index contributed by atoms with van der Waals surface area (Å²) in [7, 11) is 0. The third-order valence-electron chi connectivity index (χ3n) is 2.15. The van der Waals surface area contributed by atoms with Gasteiger partial charge in [0.2, 0.25) is 0 Å². The van der Waals surface area contributed by atoms with Crippen LogP contribution in [0.2, 0.25) is 0 Å². The predicted octanol–water partition coefficient (Wildman–Crippen LogP) is 1.12. The predicted molar refractivity (Wildman–Crippen MR) is 37.9 cm³/mol. The molecule has 2 atom stereocenters. The van der Waals surface area contributed by atoms with E-state index in [1.807, 2.05) is 0 Å². The molecule has 0 aliphatic carbocycles. The Morgan fingerprint density at radius 3 is 3.10 bits per heavy atom. The van der Waals surface area contributed by atoms with E-state index in [1.54, 1.807) is 0 Å². The summed E-state index contributed by atoms with van der Waals surface area (Å²) in [5, 5.41) is 0. The highest BCUT2D eigenvalue weighted by Gasteiger charge is 2.34. The molecule has 10 heavy (non-hydrogen) atoms. The zero-order valence-electron chi connectivity index (χ0n) is 6.01. The Morgan fingerprint density at radius 1 is 1.40 bits per heavy atom. The van der Waals surface area contributed by atoms with Gasteiger partial charge in [-0.1, -0.05) is 6.58 Å². The average molecular weight is 140 g/mol. The molecule has 0 N–H and O–H groups in total. The molecule has 2 aliphatic heterocycles. The van der Waals surface area contributed by atoms with E-state index in [0.29, 0.717) is 12.7 Å². The van der Waals surface area contributed by atoms with Crippen molar-refractivity contribution >= 4 is 0 Å². The Kier molecular flexibility index (Phi) is 1.51. The van der Waals surface area contributed by atoms with Gasteiger partial charge >= 0.3 is 0 Å². The second-order valence-corrected chi connectivity index (χ2v) is 2.94. The molecule has 0 amide bonds. The lowest BCUT2D eigenvalue weighted by Gasteiger charge is -2.24. The van der Waals surface area contributed by atoms with E-state index in [-0.39, 0.29) is 6.10 Å². The van der Waals surface area contributed by atoms with Gasteiger partial charge in [-0.3, -0.25) is 0 Å². The quantitative estimate of drug-likeness (QED) is 0.469. The third-order valence-corrected chi connectivity index (χ3v) is 2.15. The van der Waals surface area contributed by atoms with Crippen LogP contribution in [0.1, 0.15) is 12.8 Å². The Hall–Kier alpha value is -0.340. The fourth-order valence-corrected chi connectivity index (χ4v) is 1.60. The SMILES string of the molecule is C=C1CO[C@H]2CCCO[C@@H]12. The molecule has 0 spiro atoms. The lowest BCUT2D eigenvalue weighted by atomic mass is 10.0. The number of fused-ring (bicyclic) bond motifs is 1. The van der Waals surface area contributed by atoms with E-state index in [2.05, 4.69) is 6.58 Å². The zero-order valence-corrected chi connectivity index (χ0v) is 6.01. The van der Waals surface area contributed by atoms with Crippen molar-refractivity contribution < 1.29 is 9.47 Å². The van der Waals surface area contributed by atoms with Gasteiger partial charge in [0.15, 0.2) is 0 Å². The monoisotopic (exact) mass is 140 g/mol. The maximum atomic E-state index is 5.49. The molecular formula is C8H12O2. The highest BCUT2D eigenvalue weighted by molar-refractivity contribution is 5.11. The minimum Gasteiger partial charge on any atom is -0.371 e.